The highest BCUT2D eigenvalue weighted by molar-refractivity contribution is 7.89. The molecular weight excluding hydrogens is 222 g/mol. The zero-order valence-electron chi connectivity index (χ0n) is 10.0. The molecule has 0 saturated heterocycles. The van der Waals surface area contributed by atoms with Gasteiger partial charge in [0.2, 0.25) is 10.0 Å². The third-order valence-electron chi connectivity index (χ3n) is 2.75. The minimum atomic E-state index is -3.35. The lowest BCUT2D eigenvalue weighted by Gasteiger charge is -2.22. The lowest BCUT2D eigenvalue weighted by molar-refractivity contribution is 0.350. The average molecular weight is 241 g/mol. The topological polar surface area (TPSA) is 46.2 Å². The van der Waals surface area contributed by atoms with Gasteiger partial charge in [-0.15, -0.1) is 0 Å². The van der Waals surface area contributed by atoms with Crippen LogP contribution in [0.1, 0.15) is 27.2 Å². The number of benzene rings is 1. The van der Waals surface area contributed by atoms with Crippen molar-refractivity contribution >= 4 is 10.0 Å². The molecule has 0 aliphatic carbocycles. The minimum Gasteiger partial charge on any atom is -0.211 e. The Balaban J connectivity index is 2.75. The molecular formula is C12H19NO2S. The summed E-state index contributed by atoms with van der Waals surface area (Å²) in [6.07, 6.45) is 0.935. The molecule has 0 amide bonds. The summed E-state index contributed by atoms with van der Waals surface area (Å²) in [5.74, 6) is 0. The molecule has 0 aliphatic heterocycles. The second kappa shape index (κ2) is 4.97. The Morgan fingerprint density at radius 3 is 2.25 bits per heavy atom. The van der Waals surface area contributed by atoms with E-state index in [1.165, 1.54) is 0 Å². The Morgan fingerprint density at radius 2 is 1.75 bits per heavy atom. The Morgan fingerprint density at radius 1 is 1.19 bits per heavy atom. The fourth-order valence-electron chi connectivity index (χ4n) is 1.10. The van der Waals surface area contributed by atoms with Crippen LogP contribution in [0.3, 0.4) is 0 Å². The molecule has 4 heteroatoms. The molecule has 0 aliphatic rings. The van der Waals surface area contributed by atoms with Crippen molar-refractivity contribution < 1.29 is 8.42 Å². The largest absolute Gasteiger partial charge is 0.240 e. The van der Waals surface area contributed by atoms with Crippen LogP contribution in [0.5, 0.6) is 0 Å². The highest BCUT2D eigenvalue weighted by Gasteiger charge is 2.20. The summed E-state index contributed by atoms with van der Waals surface area (Å²) in [4.78, 5) is 0.321. The number of hydrogen-bond acceptors (Lipinski definition) is 2. The third kappa shape index (κ3) is 3.61. The summed E-state index contributed by atoms with van der Waals surface area (Å²) in [6, 6.07) is 8.44. The SMILES string of the molecule is CCC(C)(C)CNS(=O)(=O)c1ccccc1. The zero-order valence-corrected chi connectivity index (χ0v) is 10.8. The second-order valence-electron chi connectivity index (χ2n) is 4.66. The Kier molecular flexibility index (Phi) is 4.10. The van der Waals surface area contributed by atoms with E-state index in [2.05, 4.69) is 11.6 Å². The van der Waals surface area contributed by atoms with Crippen LogP contribution in [0.15, 0.2) is 35.2 Å². The van der Waals surface area contributed by atoms with Gasteiger partial charge in [0.15, 0.2) is 0 Å². The molecule has 0 fully saturated rings. The van der Waals surface area contributed by atoms with E-state index in [4.69, 9.17) is 0 Å². The first-order chi connectivity index (χ1) is 7.37. The molecule has 0 spiro atoms. The van der Waals surface area contributed by atoms with Crippen molar-refractivity contribution in [3.8, 4) is 0 Å². The molecule has 0 radical (unpaired) electrons. The predicted molar refractivity (Wildman–Crippen MR) is 65.7 cm³/mol. The van der Waals surface area contributed by atoms with E-state index in [0.717, 1.165) is 6.42 Å². The van der Waals surface area contributed by atoms with Gasteiger partial charge in [-0.1, -0.05) is 39.0 Å². The fourth-order valence-corrected chi connectivity index (χ4v) is 2.36. The van der Waals surface area contributed by atoms with Gasteiger partial charge in [-0.25, -0.2) is 13.1 Å². The van der Waals surface area contributed by atoms with Crippen LogP contribution in [-0.4, -0.2) is 15.0 Å². The van der Waals surface area contributed by atoms with E-state index in [1.807, 2.05) is 13.8 Å². The first-order valence-electron chi connectivity index (χ1n) is 5.42. The van der Waals surface area contributed by atoms with Crippen molar-refractivity contribution in [2.45, 2.75) is 32.1 Å². The summed E-state index contributed by atoms with van der Waals surface area (Å²) in [5, 5.41) is 0. The van der Waals surface area contributed by atoms with Crippen molar-refractivity contribution in [2.24, 2.45) is 5.41 Å². The Labute approximate surface area is 97.9 Å². The summed E-state index contributed by atoms with van der Waals surface area (Å²) in [6.45, 7) is 6.60. The first-order valence-corrected chi connectivity index (χ1v) is 6.90. The van der Waals surface area contributed by atoms with Crippen molar-refractivity contribution in [1.82, 2.24) is 4.72 Å². The van der Waals surface area contributed by atoms with Crippen molar-refractivity contribution in [1.29, 1.82) is 0 Å². The quantitative estimate of drug-likeness (QED) is 0.860. The van der Waals surface area contributed by atoms with E-state index >= 15 is 0 Å². The molecule has 1 aromatic carbocycles. The molecule has 90 valence electrons. The summed E-state index contributed by atoms with van der Waals surface area (Å²) >= 11 is 0. The predicted octanol–water partition coefficient (Wildman–Crippen LogP) is 2.40. The lowest BCUT2D eigenvalue weighted by Crippen LogP contribution is -2.33. The van der Waals surface area contributed by atoms with Gasteiger partial charge in [-0.3, -0.25) is 0 Å². The summed E-state index contributed by atoms with van der Waals surface area (Å²) < 4.78 is 26.4. The number of rotatable bonds is 5. The fraction of sp³-hybridized carbons (Fsp3) is 0.500. The maximum atomic E-state index is 11.9. The second-order valence-corrected chi connectivity index (χ2v) is 6.42. The molecule has 1 rings (SSSR count). The molecule has 3 nitrogen and oxygen atoms in total. The normalized spacial score (nSPS) is 12.7. The first kappa shape index (κ1) is 13.2. The van der Waals surface area contributed by atoms with Crippen LogP contribution in [0.2, 0.25) is 0 Å². The van der Waals surface area contributed by atoms with Gasteiger partial charge in [0.25, 0.3) is 0 Å². The van der Waals surface area contributed by atoms with Gasteiger partial charge in [0.1, 0.15) is 0 Å². The number of sulfonamides is 1. The van der Waals surface area contributed by atoms with Gasteiger partial charge in [0.05, 0.1) is 4.90 Å². The number of hydrogen-bond donors (Lipinski definition) is 1. The van der Waals surface area contributed by atoms with E-state index in [0.29, 0.717) is 11.4 Å². The van der Waals surface area contributed by atoms with Crippen LogP contribution < -0.4 is 4.72 Å². The third-order valence-corrected chi connectivity index (χ3v) is 4.17. The minimum absolute atomic E-state index is 0.0121. The van der Waals surface area contributed by atoms with Gasteiger partial charge < -0.3 is 0 Å². The highest BCUT2D eigenvalue weighted by Crippen LogP contribution is 2.19. The zero-order chi connectivity index (χ0) is 12.2. The molecule has 1 aromatic rings. The Hall–Kier alpha value is -0.870. The van der Waals surface area contributed by atoms with Crippen molar-refractivity contribution in [2.75, 3.05) is 6.54 Å². The maximum Gasteiger partial charge on any atom is 0.240 e. The van der Waals surface area contributed by atoms with Gasteiger partial charge >= 0.3 is 0 Å². The van der Waals surface area contributed by atoms with Gasteiger partial charge in [-0.2, -0.15) is 0 Å². The Bertz CT molecular complexity index is 424. The molecule has 0 saturated carbocycles. The lowest BCUT2D eigenvalue weighted by atomic mass is 9.91. The van der Waals surface area contributed by atoms with Crippen LogP contribution >= 0.6 is 0 Å². The van der Waals surface area contributed by atoms with E-state index in [1.54, 1.807) is 30.3 Å². The smallest absolute Gasteiger partial charge is 0.211 e. The van der Waals surface area contributed by atoms with Crippen LogP contribution in [0.4, 0.5) is 0 Å². The van der Waals surface area contributed by atoms with Crippen LogP contribution in [-0.2, 0) is 10.0 Å². The maximum absolute atomic E-state index is 11.9. The standard InChI is InChI=1S/C12H19NO2S/c1-4-12(2,3)10-13-16(14,15)11-8-6-5-7-9-11/h5-9,13H,4,10H2,1-3H3. The van der Waals surface area contributed by atoms with Crippen LogP contribution in [0.25, 0.3) is 0 Å². The van der Waals surface area contributed by atoms with Crippen molar-refractivity contribution in [3.63, 3.8) is 0 Å². The average Bonchev–Trinajstić information content (AvgIpc) is 2.28. The molecule has 16 heavy (non-hydrogen) atoms. The van der Waals surface area contributed by atoms with Gasteiger partial charge in [-0.05, 0) is 24.0 Å². The number of nitrogens with one attached hydrogen (secondary N) is 1. The molecule has 1 N–H and O–H groups in total. The monoisotopic (exact) mass is 241 g/mol. The molecule has 0 unspecified atom stereocenters. The van der Waals surface area contributed by atoms with E-state index < -0.39 is 10.0 Å². The van der Waals surface area contributed by atoms with E-state index in [-0.39, 0.29) is 5.41 Å². The van der Waals surface area contributed by atoms with Gasteiger partial charge in [0, 0.05) is 6.54 Å². The van der Waals surface area contributed by atoms with Crippen LogP contribution in [0, 0.1) is 5.41 Å². The molecule has 0 bridgehead atoms. The molecule has 0 aromatic heterocycles. The molecule has 0 atom stereocenters. The summed E-state index contributed by atoms with van der Waals surface area (Å²) in [5.41, 5.74) is -0.0121. The summed E-state index contributed by atoms with van der Waals surface area (Å²) in [7, 11) is -3.35. The van der Waals surface area contributed by atoms with E-state index in [9.17, 15) is 8.42 Å². The van der Waals surface area contributed by atoms with Crippen molar-refractivity contribution in [3.05, 3.63) is 30.3 Å². The molecule has 0 heterocycles. The highest BCUT2D eigenvalue weighted by atomic mass is 32.2.